The molecule has 416 valence electrons. The van der Waals surface area contributed by atoms with Crippen LogP contribution in [0.4, 0.5) is 14.5 Å². The van der Waals surface area contributed by atoms with Crippen LogP contribution in [0.2, 0.25) is 0 Å². The number of hydrogen-bond donors (Lipinski definition) is 5. The number of nitrogens with zero attached hydrogens (tertiary/aromatic N) is 5. The number of benzene rings is 4. The van der Waals surface area contributed by atoms with E-state index in [0.29, 0.717) is 31.3 Å². The first kappa shape index (κ1) is 56.4. The molecule has 79 heavy (non-hydrogen) atoms. The zero-order valence-electron chi connectivity index (χ0n) is 46.0. The van der Waals surface area contributed by atoms with Gasteiger partial charge in [0.2, 0.25) is 11.8 Å². The molecule has 0 spiro atoms. The molecule has 12 nitrogen and oxygen atoms in total. The molecule has 4 aromatic carbocycles. The Morgan fingerprint density at radius 2 is 1.11 bits per heavy atom. The molecule has 7 aliphatic rings. The number of amides is 2. The van der Waals surface area contributed by atoms with E-state index in [9.17, 15) is 28.6 Å². The zero-order chi connectivity index (χ0) is 55.5. The molecular weight excluding hydrogens is 1110 g/mol. The van der Waals surface area contributed by atoms with Gasteiger partial charge in [-0.1, -0.05) is 74.2 Å². The van der Waals surface area contributed by atoms with Crippen molar-refractivity contribution < 1.29 is 28.6 Å². The van der Waals surface area contributed by atoms with Crippen LogP contribution >= 0.6 is 22.6 Å². The van der Waals surface area contributed by atoms with Crippen LogP contribution in [0.15, 0.2) is 121 Å². The van der Waals surface area contributed by atoms with Crippen LogP contribution in [0.25, 0.3) is 23.5 Å². The topological polar surface area (TPSA) is 150 Å². The Morgan fingerprint density at radius 1 is 0.658 bits per heavy atom. The van der Waals surface area contributed by atoms with Crippen LogP contribution in [-0.2, 0) is 35.3 Å². The number of nitrogens with one attached hydrogen (secondary N) is 3. The van der Waals surface area contributed by atoms with Gasteiger partial charge in [0.15, 0.2) is 0 Å². The highest BCUT2D eigenvalue weighted by Gasteiger charge is 2.56. The number of likely N-dealkylation sites (N-methyl/N-ethyl adjacent to an activating group) is 2. The van der Waals surface area contributed by atoms with Crippen LogP contribution in [0.1, 0.15) is 125 Å². The molecule has 4 heterocycles. The maximum absolute atomic E-state index is 13.4. The summed E-state index contributed by atoms with van der Waals surface area (Å²) < 4.78 is 31.7. The van der Waals surface area contributed by atoms with Crippen molar-refractivity contribution in [2.45, 2.75) is 140 Å². The number of anilines is 1. The van der Waals surface area contributed by atoms with Crippen molar-refractivity contribution in [2.24, 2.45) is 10.8 Å². The molecule has 6 aromatic rings. The summed E-state index contributed by atoms with van der Waals surface area (Å²) in [5.74, 6) is -0.163. The number of carbonyl (C=O) groups is 2. The number of para-hydroxylation sites is 1. The Bertz CT molecular complexity index is 3210. The minimum Gasteiger partial charge on any atom is -0.389 e. The normalized spacial score (nSPS) is 26.1. The minimum absolute atomic E-state index is 0.169. The van der Waals surface area contributed by atoms with Crippen LogP contribution in [0, 0.1) is 26.0 Å². The molecule has 15 heteroatoms. The summed E-state index contributed by atoms with van der Waals surface area (Å²) in [6.07, 6.45) is 22.7. The highest BCUT2D eigenvalue weighted by atomic mass is 127. The van der Waals surface area contributed by atoms with Gasteiger partial charge in [-0.15, -0.1) is 0 Å². The third-order valence-electron chi connectivity index (χ3n) is 18.6. The van der Waals surface area contributed by atoms with Gasteiger partial charge >= 0.3 is 0 Å². The quantitative estimate of drug-likeness (QED) is 0.0636. The SMILES string of the molecule is CN[C@@H]1CCCC[C@H]1NC.C[C@]12Cc3cnn(-c4ccc(F)cc4)c3C=C1CC[C@@]2(O)CCc1ccccc1I.C[C@]12Cc3cnn(-c4ccc(F)cc4)c3C=C1CC[C@@]2(O)CCc1ccccc1N1CCC1=O.O=C1CCN1. The molecule has 2 amide bonds. The molecule has 5 N–H and O–H groups in total. The number of fused-ring (bicyclic) bond motifs is 4. The van der Waals surface area contributed by atoms with E-state index in [2.05, 4.69) is 119 Å². The largest absolute Gasteiger partial charge is 0.389 e. The summed E-state index contributed by atoms with van der Waals surface area (Å²) in [5, 5.41) is 42.1. The van der Waals surface area contributed by atoms with Gasteiger partial charge in [0, 0.05) is 58.1 Å². The Morgan fingerprint density at radius 3 is 1.53 bits per heavy atom. The Labute approximate surface area is 477 Å². The number of aromatic nitrogens is 4. The summed E-state index contributed by atoms with van der Waals surface area (Å²) in [6, 6.07) is 30.7. The fourth-order valence-electron chi connectivity index (χ4n) is 13.2. The van der Waals surface area contributed by atoms with Gasteiger partial charge < -0.3 is 31.1 Å². The molecule has 3 saturated carbocycles. The van der Waals surface area contributed by atoms with Crippen molar-refractivity contribution in [3.8, 4) is 11.4 Å². The monoisotopic (exact) mass is 1180 g/mol. The van der Waals surface area contributed by atoms with E-state index in [1.165, 1.54) is 70.2 Å². The summed E-state index contributed by atoms with van der Waals surface area (Å²) in [6.45, 7) is 6.04. The van der Waals surface area contributed by atoms with Crippen molar-refractivity contribution in [1.29, 1.82) is 0 Å². The van der Waals surface area contributed by atoms with Gasteiger partial charge in [0.05, 0.1) is 46.4 Å². The first-order chi connectivity index (χ1) is 38.0. The van der Waals surface area contributed by atoms with E-state index < -0.39 is 11.2 Å². The van der Waals surface area contributed by atoms with Gasteiger partial charge in [0.1, 0.15) is 11.6 Å². The lowest BCUT2D eigenvalue weighted by molar-refractivity contribution is -0.125. The van der Waals surface area contributed by atoms with Crippen molar-refractivity contribution in [2.75, 3.05) is 32.1 Å². The highest BCUT2D eigenvalue weighted by molar-refractivity contribution is 14.1. The number of halogens is 3. The van der Waals surface area contributed by atoms with Crippen molar-refractivity contribution in [1.82, 2.24) is 35.5 Å². The lowest BCUT2D eigenvalue weighted by atomic mass is 9.65. The molecule has 5 fully saturated rings. The van der Waals surface area contributed by atoms with E-state index in [4.69, 9.17) is 0 Å². The Hall–Kier alpha value is -5.85. The second-order valence-electron chi connectivity index (χ2n) is 23.0. The van der Waals surface area contributed by atoms with Gasteiger partial charge in [0.25, 0.3) is 0 Å². The van der Waals surface area contributed by atoms with Gasteiger partial charge in [-0.05, 0) is 209 Å². The number of rotatable bonds is 11. The lowest BCUT2D eigenvalue weighted by Gasteiger charge is -2.43. The van der Waals surface area contributed by atoms with Gasteiger partial charge in [-0.3, -0.25) is 9.59 Å². The van der Waals surface area contributed by atoms with Crippen LogP contribution in [-0.4, -0.2) is 92.1 Å². The Kier molecular flexibility index (Phi) is 16.9. The third-order valence-corrected chi connectivity index (χ3v) is 19.7. The predicted molar refractivity (Wildman–Crippen MR) is 316 cm³/mol. The van der Waals surface area contributed by atoms with Crippen molar-refractivity contribution >= 4 is 52.2 Å². The molecule has 2 aliphatic heterocycles. The van der Waals surface area contributed by atoms with Crippen LogP contribution in [0.3, 0.4) is 0 Å². The van der Waals surface area contributed by atoms with Crippen molar-refractivity contribution in [3.63, 3.8) is 0 Å². The standard InChI is InChI=1S/C28H28FN3O2.C25H24FIN2O.C8H18N2.C3H5NO/c1-27-17-20-18-30-32(23-8-6-22(29)7-9-23)25(20)16-21(27)11-14-28(27,34)13-10-19-4-2-3-5-24(19)31-15-12-26(31)33;1-24-15-18-16-28-29(21-8-6-20(26)7-9-21)23(18)14-19(24)11-13-25(24,30)12-10-17-4-2-3-5-22(17)27;1-9-7-5-3-4-6-8(7)10-2;5-3-1-2-4-3/h2-9,16,18,34H,10-15,17H2,1H3;2-9,14,16,30H,10-13,15H2,1H3;7-10H,3-6H2,1-2H3;1-2H2,(H,4,5)/t27-,28-;24-,25-;7-,8-;/m001./s1. The highest BCUT2D eigenvalue weighted by Crippen LogP contribution is 2.58. The summed E-state index contributed by atoms with van der Waals surface area (Å²) in [7, 11) is 4.11. The summed E-state index contributed by atoms with van der Waals surface area (Å²) >= 11 is 2.38. The first-order valence-corrected chi connectivity index (χ1v) is 29.4. The van der Waals surface area contributed by atoms with E-state index in [1.807, 2.05) is 44.9 Å². The second-order valence-corrected chi connectivity index (χ2v) is 24.2. The third kappa shape index (κ3) is 11.4. The molecule has 5 aliphatic carbocycles. The molecule has 2 aromatic heterocycles. The molecule has 6 atom stereocenters. The molecule has 13 rings (SSSR count). The van der Waals surface area contributed by atoms with Gasteiger partial charge in [-0.2, -0.15) is 10.2 Å². The Balaban J connectivity index is 0.000000142. The number of carbonyl (C=O) groups excluding carboxylic acids is 2. The molecule has 0 radical (unpaired) electrons. The maximum Gasteiger partial charge on any atom is 0.228 e. The smallest absolute Gasteiger partial charge is 0.228 e. The van der Waals surface area contributed by atoms with Crippen molar-refractivity contribution in [3.05, 3.63) is 169 Å². The number of aliphatic hydroxyl groups is 2. The van der Waals surface area contributed by atoms with E-state index in [-0.39, 0.29) is 34.3 Å². The van der Waals surface area contributed by atoms with Crippen LogP contribution < -0.4 is 20.9 Å². The number of β-lactam (4-membered cyclic amide) rings is 2. The average Bonchev–Trinajstić information content (AvgIpc) is 3.74. The van der Waals surface area contributed by atoms with Crippen LogP contribution in [0.5, 0.6) is 0 Å². The average molecular weight is 1190 g/mol. The van der Waals surface area contributed by atoms with E-state index >= 15 is 0 Å². The maximum atomic E-state index is 13.4. The molecular formula is C64H75F2IN8O4. The van der Waals surface area contributed by atoms with E-state index in [1.54, 1.807) is 24.3 Å². The fraction of sp³-hybridized carbons (Fsp3) is 0.438. The summed E-state index contributed by atoms with van der Waals surface area (Å²) in [4.78, 5) is 23.7. The fourth-order valence-corrected chi connectivity index (χ4v) is 13.9. The molecule has 2 saturated heterocycles. The second kappa shape index (κ2) is 23.7. The molecule has 0 bridgehead atoms. The summed E-state index contributed by atoms with van der Waals surface area (Å²) in [5.41, 5.74) is 9.72. The predicted octanol–water partition coefficient (Wildman–Crippen LogP) is 10.8. The number of aryl methyl sites for hydroxylation is 2. The first-order valence-electron chi connectivity index (χ1n) is 28.3. The zero-order valence-corrected chi connectivity index (χ0v) is 48.2. The number of hydrogen-bond acceptors (Lipinski definition) is 8. The van der Waals surface area contributed by atoms with Gasteiger partial charge in [-0.25, -0.2) is 18.1 Å². The van der Waals surface area contributed by atoms with E-state index in [0.717, 1.165) is 116 Å². The minimum atomic E-state index is -0.833. The molecule has 0 unspecified atom stereocenters. The lowest BCUT2D eigenvalue weighted by Crippen LogP contribution is -2.47.